The molecule has 0 saturated carbocycles. The molecule has 4 heteroatoms. The predicted octanol–water partition coefficient (Wildman–Crippen LogP) is 2.54. The molecule has 0 saturated heterocycles. The second kappa shape index (κ2) is 3.35. The van der Waals surface area contributed by atoms with Crippen LogP contribution in [0.4, 0.5) is 0 Å². The van der Waals surface area contributed by atoms with Crippen LogP contribution in [0.1, 0.15) is 5.56 Å². The van der Waals surface area contributed by atoms with Crippen LogP contribution in [0.3, 0.4) is 0 Å². The maximum atomic E-state index is 9.23. The van der Waals surface area contributed by atoms with Crippen molar-refractivity contribution >= 4 is 11.6 Å². The molecule has 1 aromatic carbocycles. The van der Waals surface area contributed by atoms with E-state index in [-0.39, 0.29) is 5.75 Å². The molecule has 14 heavy (non-hydrogen) atoms. The number of halogens is 1. The number of aromatic nitrogens is 2. The Hall–Kier alpha value is -1.48. The number of nitrogens with zero attached hydrogens (tertiary/aromatic N) is 2. The zero-order valence-electron chi connectivity index (χ0n) is 7.61. The van der Waals surface area contributed by atoms with Gasteiger partial charge in [-0.15, -0.1) is 0 Å². The molecule has 3 nitrogen and oxygen atoms in total. The lowest BCUT2D eigenvalue weighted by Gasteiger charge is -2.02. The number of hydrogen-bond acceptors (Lipinski definition) is 2. The second-order valence-electron chi connectivity index (χ2n) is 3.10. The van der Waals surface area contributed by atoms with E-state index in [1.807, 2.05) is 13.1 Å². The fraction of sp³-hybridized carbons (Fsp3) is 0.100. The molecule has 2 aromatic rings. The molecule has 1 aromatic heterocycles. The number of rotatable bonds is 1. The van der Waals surface area contributed by atoms with E-state index in [2.05, 4.69) is 5.10 Å². The van der Waals surface area contributed by atoms with Crippen molar-refractivity contribution < 1.29 is 5.11 Å². The van der Waals surface area contributed by atoms with Crippen molar-refractivity contribution in [2.24, 2.45) is 0 Å². The third kappa shape index (κ3) is 1.59. The zero-order chi connectivity index (χ0) is 10.1. The van der Waals surface area contributed by atoms with Crippen LogP contribution in [-0.2, 0) is 0 Å². The summed E-state index contributed by atoms with van der Waals surface area (Å²) in [6.45, 7) is 1.96. The van der Waals surface area contributed by atoms with Crippen molar-refractivity contribution in [3.05, 3.63) is 41.2 Å². The van der Waals surface area contributed by atoms with Crippen LogP contribution < -0.4 is 0 Å². The molecule has 0 atom stereocenters. The monoisotopic (exact) mass is 208 g/mol. The summed E-state index contributed by atoms with van der Waals surface area (Å²) in [7, 11) is 0. The largest absolute Gasteiger partial charge is 0.506 e. The maximum absolute atomic E-state index is 9.23. The smallest absolute Gasteiger partial charge is 0.134 e. The first-order chi connectivity index (χ1) is 6.66. The van der Waals surface area contributed by atoms with Crippen molar-refractivity contribution in [2.45, 2.75) is 6.92 Å². The number of hydrogen-bond donors (Lipinski definition) is 1. The Kier molecular flexibility index (Phi) is 2.17. The number of phenolic OH excluding ortho intramolecular Hbond substituents is 1. The van der Waals surface area contributed by atoms with Gasteiger partial charge in [-0.25, -0.2) is 4.68 Å². The first kappa shape index (κ1) is 9.09. The third-order valence-electron chi connectivity index (χ3n) is 1.91. The summed E-state index contributed by atoms with van der Waals surface area (Å²) in [5.74, 6) is 0.0827. The van der Waals surface area contributed by atoms with E-state index in [0.29, 0.717) is 5.02 Å². The standard InChI is InChI=1S/C10H9ClN2O/c1-7-5-12-13(6-7)8-2-3-10(14)9(11)4-8/h2-6,14H,1H3. The number of phenols is 1. The number of aryl methyl sites for hydroxylation is 1. The summed E-state index contributed by atoms with van der Waals surface area (Å²) in [4.78, 5) is 0. The van der Waals surface area contributed by atoms with Crippen LogP contribution in [0.25, 0.3) is 5.69 Å². The highest BCUT2D eigenvalue weighted by molar-refractivity contribution is 6.32. The normalized spacial score (nSPS) is 10.4. The highest BCUT2D eigenvalue weighted by atomic mass is 35.5. The van der Waals surface area contributed by atoms with Gasteiger partial charge in [0, 0.05) is 6.20 Å². The van der Waals surface area contributed by atoms with Gasteiger partial charge in [0.1, 0.15) is 5.75 Å². The minimum absolute atomic E-state index is 0.0827. The number of aromatic hydroxyl groups is 1. The molecule has 0 aliphatic carbocycles. The summed E-state index contributed by atoms with van der Waals surface area (Å²) in [5.41, 5.74) is 1.91. The molecular formula is C10H9ClN2O. The van der Waals surface area contributed by atoms with Crippen LogP contribution in [0.15, 0.2) is 30.6 Å². The average Bonchev–Trinajstić information content (AvgIpc) is 2.57. The Morgan fingerprint density at radius 1 is 1.43 bits per heavy atom. The molecule has 0 unspecified atom stereocenters. The topological polar surface area (TPSA) is 38.0 Å². The minimum Gasteiger partial charge on any atom is -0.506 e. The quantitative estimate of drug-likeness (QED) is 0.782. The zero-order valence-corrected chi connectivity index (χ0v) is 8.36. The van der Waals surface area contributed by atoms with Crippen molar-refractivity contribution in [1.82, 2.24) is 9.78 Å². The van der Waals surface area contributed by atoms with Gasteiger partial charge in [0.25, 0.3) is 0 Å². The van der Waals surface area contributed by atoms with Crippen LogP contribution in [-0.4, -0.2) is 14.9 Å². The van der Waals surface area contributed by atoms with Gasteiger partial charge in [0.2, 0.25) is 0 Å². The van der Waals surface area contributed by atoms with Gasteiger partial charge >= 0.3 is 0 Å². The Bertz CT molecular complexity index is 465. The molecule has 0 fully saturated rings. The van der Waals surface area contributed by atoms with Gasteiger partial charge < -0.3 is 5.11 Å². The average molecular weight is 209 g/mol. The van der Waals surface area contributed by atoms with Gasteiger partial charge in [0.15, 0.2) is 0 Å². The second-order valence-corrected chi connectivity index (χ2v) is 3.51. The van der Waals surface area contributed by atoms with E-state index >= 15 is 0 Å². The molecular weight excluding hydrogens is 200 g/mol. The Balaban J connectivity index is 2.47. The van der Waals surface area contributed by atoms with Gasteiger partial charge in [-0.3, -0.25) is 0 Å². The predicted molar refractivity (Wildman–Crippen MR) is 55.0 cm³/mol. The van der Waals surface area contributed by atoms with E-state index in [4.69, 9.17) is 11.6 Å². The lowest BCUT2D eigenvalue weighted by molar-refractivity contribution is 0.475. The van der Waals surface area contributed by atoms with E-state index < -0.39 is 0 Å². The summed E-state index contributed by atoms with van der Waals surface area (Å²) in [6.07, 6.45) is 3.66. The van der Waals surface area contributed by atoms with Gasteiger partial charge in [-0.05, 0) is 30.7 Å². The maximum Gasteiger partial charge on any atom is 0.134 e. The van der Waals surface area contributed by atoms with Gasteiger partial charge in [-0.1, -0.05) is 11.6 Å². The molecule has 0 amide bonds. The van der Waals surface area contributed by atoms with E-state index in [1.54, 1.807) is 29.1 Å². The van der Waals surface area contributed by atoms with Crippen molar-refractivity contribution in [1.29, 1.82) is 0 Å². The highest BCUT2D eigenvalue weighted by Crippen LogP contribution is 2.25. The van der Waals surface area contributed by atoms with Crippen molar-refractivity contribution in [3.8, 4) is 11.4 Å². The molecule has 0 radical (unpaired) electrons. The van der Waals surface area contributed by atoms with Crippen LogP contribution in [0.5, 0.6) is 5.75 Å². The van der Waals surface area contributed by atoms with E-state index in [1.165, 1.54) is 0 Å². The lowest BCUT2D eigenvalue weighted by atomic mass is 10.3. The van der Waals surface area contributed by atoms with Crippen molar-refractivity contribution in [2.75, 3.05) is 0 Å². The Morgan fingerprint density at radius 3 is 2.79 bits per heavy atom. The first-order valence-electron chi connectivity index (χ1n) is 4.17. The van der Waals surface area contributed by atoms with E-state index in [9.17, 15) is 5.11 Å². The molecule has 2 rings (SSSR count). The summed E-state index contributed by atoms with van der Waals surface area (Å²) < 4.78 is 1.71. The van der Waals surface area contributed by atoms with Crippen LogP contribution in [0.2, 0.25) is 5.02 Å². The summed E-state index contributed by atoms with van der Waals surface area (Å²) in [5, 5.41) is 13.7. The van der Waals surface area contributed by atoms with Gasteiger partial charge in [-0.2, -0.15) is 5.10 Å². The lowest BCUT2D eigenvalue weighted by Crippen LogP contribution is -1.93. The molecule has 72 valence electrons. The molecule has 0 aliphatic rings. The highest BCUT2D eigenvalue weighted by Gasteiger charge is 2.02. The minimum atomic E-state index is 0.0827. The fourth-order valence-electron chi connectivity index (χ4n) is 1.19. The van der Waals surface area contributed by atoms with Crippen LogP contribution in [0, 0.1) is 6.92 Å². The van der Waals surface area contributed by atoms with Crippen LogP contribution >= 0.6 is 11.6 Å². The SMILES string of the molecule is Cc1cnn(-c2ccc(O)c(Cl)c2)c1. The molecule has 0 spiro atoms. The molecule has 1 heterocycles. The third-order valence-corrected chi connectivity index (χ3v) is 2.21. The Labute approximate surface area is 86.6 Å². The molecule has 0 bridgehead atoms. The summed E-state index contributed by atoms with van der Waals surface area (Å²) >= 11 is 5.78. The fourth-order valence-corrected chi connectivity index (χ4v) is 1.37. The van der Waals surface area contributed by atoms with Crippen molar-refractivity contribution in [3.63, 3.8) is 0 Å². The number of benzene rings is 1. The first-order valence-corrected chi connectivity index (χ1v) is 4.55. The Morgan fingerprint density at radius 2 is 2.21 bits per heavy atom. The molecule has 1 N–H and O–H groups in total. The van der Waals surface area contributed by atoms with Gasteiger partial charge in [0.05, 0.1) is 16.9 Å². The molecule has 0 aliphatic heterocycles. The summed E-state index contributed by atoms with van der Waals surface area (Å²) in [6, 6.07) is 4.98. The van der Waals surface area contributed by atoms with E-state index in [0.717, 1.165) is 11.3 Å².